The molecular weight excluding hydrogens is 528 g/mol. The van der Waals surface area contributed by atoms with Gasteiger partial charge in [-0.1, -0.05) is 17.7 Å². The van der Waals surface area contributed by atoms with Crippen molar-refractivity contribution in [2.75, 3.05) is 18.9 Å². The van der Waals surface area contributed by atoms with Gasteiger partial charge >= 0.3 is 0 Å². The summed E-state index contributed by atoms with van der Waals surface area (Å²) in [5.74, 6) is 0.924. The number of nitrogens with zero attached hydrogens (tertiary/aromatic N) is 7. The zero-order valence-electron chi connectivity index (χ0n) is 19.7. The van der Waals surface area contributed by atoms with E-state index in [9.17, 15) is 8.42 Å². The third-order valence-corrected chi connectivity index (χ3v) is 8.24. The van der Waals surface area contributed by atoms with E-state index in [0.29, 0.717) is 22.4 Å². The second kappa shape index (κ2) is 10.8. The molecular formula is C21H23ClN8O4S2. The summed E-state index contributed by atoms with van der Waals surface area (Å²) >= 11 is 7.29. The predicted octanol–water partition coefficient (Wildman–Crippen LogP) is 3.38. The summed E-state index contributed by atoms with van der Waals surface area (Å²) in [7, 11) is -1.17. The smallest absolute Gasteiger partial charge is 0.240 e. The first-order chi connectivity index (χ1) is 17.2. The minimum atomic E-state index is -4.06. The fraction of sp³-hybridized carbons (Fsp3) is 0.333. The minimum Gasteiger partial charge on any atom is -0.481 e. The Balaban J connectivity index is 1.73. The topological polar surface area (TPSA) is 147 Å². The van der Waals surface area contributed by atoms with Crippen LogP contribution in [0.2, 0.25) is 5.02 Å². The summed E-state index contributed by atoms with van der Waals surface area (Å²) < 4.78 is 41.8. The highest BCUT2D eigenvalue weighted by atomic mass is 35.5. The molecule has 190 valence electrons. The van der Waals surface area contributed by atoms with Gasteiger partial charge in [0.05, 0.1) is 23.7 Å². The lowest BCUT2D eigenvalue weighted by atomic mass is 10.2. The Labute approximate surface area is 216 Å². The number of methoxy groups -OCH3 is 2. The maximum atomic E-state index is 13.4. The number of rotatable bonds is 10. The van der Waals surface area contributed by atoms with Crippen LogP contribution in [0, 0.1) is 0 Å². The number of nitrogens with one attached hydrogen (secondary N) is 1. The average molecular weight is 551 g/mol. The normalized spacial score (nSPS) is 14.2. The van der Waals surface area contributed by atoms with Gasteiger partial charge < -0.3 is 9.47 Å². The van der Waals surface area contributed by atoms with Gasteiger partial charge in [0, 0.05) is 36.6 Å². The Bertz CT molecular complexity index is 1410. The summed E-state index contributed by atoms with van der Waals surface area (Å²) in [5, 5.41) is 7.64. The van der Waals surface area contributed by atoms with E-state index in [1.54, 1.807) is 34.5 Å². The molecule has 0 fully saturated rings. The molecule has 4 aromatic heterocycles. The van der Waals surface area contributed by atoms with Crippen molar-refractivity contribution in [1.82, 2.24) is 34.7 Å². The maximum absolute atomic E-state index is 13.4. The monoisotopic (exact) mass is 550 g/mol. The van der Waals surface area contributed by atoms with Crippen LogP contribution in [0.25, 0.3) is 11.5 Å². The molecule has 0 unspecified atom stereocenters. The van der Waals surface area contributed by atoms with Crippen molar-refractivity contribution in [3.63, 3.8) is 0 Å². The van der Waals surface area contributed by atoms with Crippen LogP contribution in [-0.4, -0.2) is 62.6 Å². The highest BCUT2D eigenvalue weighted by Crippen LogP contribution is 2.32. The molecule has 0 spiro atoms. The van der Waals surface area contributed by atoms with Crippen LogP contribution in [0.5, 0.6) is 5.88 Å². The molecule has 0 radical (unpaired) electrons. The number of anilines is 1. The SMILES string of the molecule is COc1cccc(-c2nnc(NS(=O)(=O)[C@@H](C)[C@H](OC)c3ncc(Cl)cn3)n2[C@H](C)c2cncs2)n1. The number of hydrogen-bond acceptors (Lipinski definition) is 11. The zero-order chi connectivity index (χ0) is 25.9. The zero-order valence-corrected chi connectivity index (χ0v) is 22.1. The summed E-state index contributed by atoms with van der Waals surface area (Å²) in [6, 6.07) is 4.84. The van der Waals surface area contributed by atoms with Crippen LogP contribution in [0.3, 0.4) is 0 Å². The van der Waals surface area contributed by atoms with Gasteiger partial charge in [-0.05, 0) is 19.9 Å². The van der Waals surface area contributed by atoms with Gasteiger partial charge in [-0.25, -0.2) is 23.4 Å². The number of ether oxygens (including phenoxy) is 2. The Kier molecular flexibility index (Phi) is 7.78. The average Bonchev–Trinajstić information content (AvgIpc) is 3.55. The summed E-state index contributed by atoms with van der Waals surface area (Å²) in [4.78, 5) is 17.7. The van der Waals surface area contributed by atoms with Crippen molar-refractivity contribution in [2.45, 2.75) is 31.2 Å². The Morgan fingerprint density at radius 2 is 1.86 bits per heavy atom. The van der Waals surface area contributed by atoms with E-state index in [-0.39, 0.29) is 17.8 Å². The molecule has 0 aliphatic carbocycles. The second-order valence-electron chi connectivity index (χ2n) is 7.63. The number of pyridine rings is 1. The first-order valence-electron chi connectivity index (χ1n) is 10.6. The summed E-state index contributed by atoms with van der Waals surface area (Å²) in [5.41, 5.74) is 2.15. The molecule has 0 amide bonds. The minimum absolute atomic E-state index is 0.00856. The third-order valence-electron chi connectivity index (χ3n) is 5.41. The molecule has 4 aromatic rings. The van der Waals surface area contributed by atoms with E-state index in [4.69, 9.17) is 21.1 Å². The number of aromatic nitrogens is 7. The lowest BCUT2D eigenvalue weighted by Gasteiger charge is -2.23. The van der Waals surface area contributed by atoms with Gasteiger partial charge in [0.15, 0.2) is 11.6 Å². The molecule has 15 heteroatoms. The van der Waals surface area contributed by atoms with Gasteiger partial charge in [-0.15, -0.1) is 21.5 Å². The maximum Gasteiger partial charge on any atom is 0.240 e. The van der Waals surface area contributed by atoms with Crippen molar-refractivity contribution in [3.8, 4) is 17.4 Å². The van der Waals surface area contributed by atoms with Crippen LogP contribution >= 0.6 is 22.9 Å². The van der Waals surface area contributed by atoms with Crippen LogP contribution in [0.1, 0.15) is 36.7 Å². The molecule has 0 saturated carbocycles. The van der Waals surface area contributed by atoms with Crippen molar-refractivity contribution in [2.24, 2.45) is 0 Å². The number of sulfonamides is 1. The van der Waals surface area contributed by atoms with Crippen molar-refractivity contribution in [1.29, 1.82) is 0 Å². The second-order valence-corrected chi connectivity index (χ2v) is 11.0. The van der Waals surface area contributed by atoms with Gasteiger partial charge in [0.1, 0.15) is 17.0 Å². The highest BCUT2D eigenvalue weighted by molar-refractivity contribution is 7.93. The molecule has 0 aliphatic heterocycles. The Hall–Kier alpha value is -3.20. The molecule has 0 aliphatic rings. The summed E-state index contributed by atoms with van der Waals surface area (Å²) in [6.07, 6.45) is 3.50. The van der Waals surface area contributed by atoms with E-state index in [2.05, 4.69) is 34.9 Å². The largest absolute Gasteiger partial charge is 0.481 e. The molecule has 0 aromatic carbocycles. The molecule has 0 bridgehead atoms. The molecule has 12 nitrogen and oxygen atoms in total. The lowest BCUT2D eigenvalue weighted by Crippen LogP contribution is -2.33. The van der Waals surface area contributed by atoms with Gasteiger partial charge in [-0.3, -0.25) is 14.3 Å². The van der Waals surface area contributed by atoms with Gasteiger partial charge in [0.2, 0.25) is 21.9 Å². The molecule has 4 rings (SSSR count). The lowest BCUT2D eigenvalue weighted by molar-refractivity contribution is 0.0950. The van der Waals surface area contributed by atoms with E-state index < -0.39 is 21.4 Å². The molecule has 1 N–H and O–H groups in total. The van der Waals surface area contributed by atoms with Crippen LogP contribution in [0.4, 0.5) is 5.95 Å². The number of hydrogen-bond donors (Lipinski definition) is 1. The Morgan fingerprint density at radius 3 is 2.50 bits per heavy atom. The van der Waals surface area contributed by atoms with E-state index >= 15 is 0 Å². The van der Waals surface area contributed by atoms with Crippen LogP contribution in [0.15, 0.2) is 42.3 Å². The van der Waals surface area contributed by atoms with Crippen LogP contribution < -0.4 is 9.46 Å². The first-order valence-corrected chi connectivity index (χ1v) is 13.4. The summed E-state index contributed by atoms with van der Waals surface area (Å²) in [6.45, 7) is 3.38. The van der Waals surface area contributed by atoms with Crippen LogP contribution in [-0.2, 0) is 14.8 Å². The quantitative estimate of drug-likeness (QED) is 0.311. The molecule has 0 saturated heterocycles. The molecule has 4 heterocycles. The highest BCUT2D eigenvalue weighted by Gasteiger charge is 2.35. The fourth-order valence-corrected chi connectivity index (χ4v) is 5.38. The van der Waals surface area contributed by atoms with Crippen molar-refractivity contribution in [3.05, 3.63) is 58.0 Å². The van der Waals surface area contributed by atoms with Gasteiger partial charge in [0.25, 0.3) is 0 Å². The van der Waals surface area contributed by atoms with Crippen molar-refractivity contribution >= 4 is 38.9 Å². The van der Waals surface area contributed by atoms with E-state index in [0.717, 1.165) is 4.88 Å². The van der Waals surface area contributed by atoms with Gasteiger partial charge in [-0.2, -0.15) is 0 Å². The predicted molar refractivity (Wildman–Crippen MR) is 135 cm³/mol. The van der Waals surface area contributed by atoms with E-state index in [1.807, 2.05) is 6.92 Å². The molecule has 36 heavy (non-hydrogen) atoms. The number of thiazole rings is 1. The molecule has 3 atom stereocenters. The third kappa shape index (κ3) is 5.31. The fourth-order valence-electron chi connectivity index (χ4n) is 3.47. The van der Waals surface area contributed by atoms with E-state index in [1.165, 1.54) is 44.9 Å². The Morgan fingerprint density at radius 1 is 1.11 bits per heavy atom. The number of halogens is 1. The van der Waals surface area contributed by atoms with Crippen molar-refractivity contribution < 1.29 is 17.9 Å². The first kappa shape index (κ1) is 25.9. The standard InChI is InChI=1S/C21H23ClN8O4S2/c1-12(16-10-23-11-35-16)30-20(15-6-5-7-17(26-15)33-3)27-28-21(30)29-36(31,32)13(2)18(34-4)19-24-8-14(22)9-25-19/h5-13,18H,1-4H3,(H,28,29)/t12-,13+,18+/m1/s1.